The standard InChI is InChI=1S/C25H29N3O2/c1-3-19-5-7-20(8-6-19)24-17-22(21-16-18(2)4-9-23(21)27-24)25(29)26-10-11-28-12-14-30-15-13-28/h4-9,16-17H,3,10-15H2,1-2H3,(H,26,29). The Balaban J connectivity index is 1.60. The van der Waals surface area contributed by atoms with Crippen molar-refractivity contribution in [2.75, 3.05) is 39.4 Å². The van der Waals surface area contributed by atoms with Crippen LogP contribution in [0.2, 0.25) is 0 Å². The van der Waals surface area contributed by atoms with Gasteiger partial charge in [0.05, 0.1) is 30.0 Å². The molecule has 5 nitrogen and oxygen atoms in total. The number of carbonyl (C=O) groups excluding carboxylic acids is 1. The van der Waals surface area contributed by atoms with Crippen molar-refractivity contribution in [3.8, 4) is 11.3 Å². The third-order valence-electron chi connectivity index (χ3n) is 5.68. The summed E-state index contributed by atoms with van der Waals surface area (Å²) in [5.74, 6) is -0.0484. The van der Waals surface area contributed by atoms with E-state index in [0.717, 1.165) is 67.0 Å². The fourth-order valence-corrected chi connectivity index (χ4v) is 3.83. The van der Waals surface area contributed by atoms with Crippen LogP contribution in [-0.4, -0.2) is 55.2 Å². The van der Waals surface area contributed by atoms with Crippen molar-refractivity contribution in [1.82, 2.24) is 15.2 Å². The summed E-state index contributed by atoms with van der Waals surface area (Å²) in [5, 5.41) is 4.00. The molecule has 0 spiro atoms. The number of ether oxygens (including phenoxy) is 1. The molecule has 156 valence electrons. The lowest BCUT2D eigenvalue weighted by molar-refractivity contribution is 0.0383. The van der Waals surface area contributed by atoms with Gasteiger partial charge in [-0.1, -0.05) is 42.8 Å². The van der Waals surface area contributed by atoms with Gasteiger partial charge in [-0.3, -0.25) is 9.69 Å². The van der Waals surface area contributed by atoms with Crippen molar-refractivity contribution < 1.29 is 9.53 Å². The maximum atomic E-state index is 13.1. The van der Waals surface area contributed by atoms with Gasteiger partial charge in [0.2, 0.25) is 0 Å². The van der Waals surface area contributed by atoms with Crippen LogP contribution in [0.15, 0.2) is 48.5 Å². The van der Waals surface area contributed by atoms with E-state index in [9.17, 15) is 4.79 Å². The van der Waals surface area contributed by atoms with Crippen LogP contribution in [-0.2, 0) is 11.2 Å². The van der Waals surface area contributed by atoms with Gasteiger partial charge in [-0.2, -0.15) is 0 Å². The van der Waals surface area contributed by atoms with Gasteiger partial charge in [0.1, 0.15) is 0 Å². The second-order valence-electron chi connectivity index (χ2n) is 7.84. The largest absolute Gasteiger partial charge is 0.379 e. The molecular weight excluding hydrogens is 374 g/mol. The highest BCUT2D eigenvalue weighted by molar-refractivity contribution is 6.07. The fourth-order valence-electron chi connectivity index (χ4n) is 3.83. The molecule has 2 aromatic carbocycles. The summed E-state index contributed by atoms with van der Waals surface area (Å²) in [7, 11) is 0. The zero-order chi connectivity index (χ0) is 20.9. The minimum atomic E-state index is -0.0484. The van der Waals surface area contributed by atoms with Gasteiger partial charge in [-0.25, -0.2) is 4.98 Å². The Labute approximate surface area is 178 Å². The average Bonchev–Trinajstić information content (AvgIpc) is 2.79. The molecule has 0 atom stereocenters. The molecule has 0 radical (unpaired) electrons. The Morgan fingerprint density at radius 2 is 1.87 bits per heavy atom. The highest BCUT2D eigenvalue weighted by Gasteiger charge is 2.15. The van der Waals surface area contributed by atoms with Crippen molar-refractivity contribution in [2.45, 2.75) is 20.3 Å². The number of aromatic nitrogens is 1. The minimum Gasteiger partial charge on any atom is -0.379 e. The van der Waals surface area contributed by atoms with Gasteiger partial charge in [0.25, 0.3) is 5.91 Å². The first-order valence-electron chi connectivity index (χ1n) is 10.7. The fraction of sp³-hybridized carbons (Fsp3) is 0.360. The van der Waals surface area contributed by atoms with E-state index in [1.54, 1.807) is 0 Å². The molecule has 30 heavy (non-hydrogen) atoms. The number of carbonyl (C=O) groups is 1. The molecule has 5 heteroatoms. The van der Waals surface area contributed by atoms with E-state index < -0.39 is 0 Å². The number of hydrogen-bond donors (Lipinski definition) is 1. The maximum absolute atomic E-state index is 13.1. The van der Waals surface area contributed by atoms with Gasteiger partial charge < -0.3 is 10.1 Å². The normalized spacial score (nSPS) is 14.7. The van der Waals surface area contributed by atoms with E-state index in [0.29, 0.717) is 12.1 Å². The molecule has 0 saturated carbocycles. The number of nitrogens with one attached hydrogen (secondary N) is 1. The van der Waals surface area contributed by atoms with E-state index in [2.05, 4.69) is 41.4 Å². The molecule has 1 amide bonds. The van der Waals surface area contributed by atoms with E-state index in [4.69, 9.17) is 9.72 Å². The van der Waals surface area contributed by atoms with Gasteiger partial charge >= 0.3 is 0 Å². The highest BCUT2D eigenvalue weighted by Crippen LogP contribution is 2.26. The van der Waals surface area contributed by atoms with Crippen LogP contribution in [0, 0.1) is 6.92 Å². The second kappa shape index (κ2) is 9.37. The number of nitrogens with zero attached hydrogens (tertiary/aromatic N) is 2. The first-order chi connectivity index (χ1) is 14.6. The van der Waals surface area contributed by atoms with Crippen LogP contribution in [0.5, 0.6) is 0 Å². The quantitative estimate of drug-likeness (QED) is 0.680. The topological polar surface area (TPSA) is 54.5 Å². The van der Waals surface area contributed by atoms with Crippen molar-refractivity contribution in [3.05, 3.63) is 65.2 Å². The number of benzene rings is 2. The number of hydrogen-bond acceptors (Lipinski definition) is 4. The van der Waals surface area contributed by atoms with Crippen LogP contribution >= 0.6 is 0 Å². The van der Waals surface area contributed by atoms with Gasteiger partial charge in [0, 0.05) is 37.1 Å². The molecule has 1 aliphatic heterocycles. The zero-order valence-electron chi connectivity index (χ0n) is 17.8. The Bertz CT molecular complexity index is 1020. The first-order valence-corrected chi connectivity index (χ1v) is 10.7. The smallest absolute Gasteiger partial charge is 0.252 e. The summed E-state index contributed by atoms with van der Waals surface area (Å²) in [6.07, 6.45) is 1.00. The van der Waals surface area contributed by atoms with E-state index in [-0.39, 0.29) is 5.91 Å². The summed E-state index contributed by atoms with van der Waals surface area (Å²) in [4.78, 5) is 20.3. The number of fused-ring (bicyclic) bond motifs is 1. The SMILES string of the molecule is CCc1ccc(-c2cc(C(=O)NCCN3CCOCC3)c3cc(C)ccc3n2)cc1. The highest BCUT2D eigenvalue weighted by atomic mass is 16.5. The third kappa shape index (κ3) is 4.69. The van der Waals surface area contributed by atoms with Gasteiger partial charge in [0.15, 0.2) is 0 Å². The summed E-state index contributed by atoms with van der Waals surface area (Å²) in [6, 6.07) is 16.4. The van der Waals surface area contributed by atoms with Gasteiger partial charge in [-0.15, -0.1) is 0 Å². The predicted molar refractivity (Wildman–Crippen MR) is 121 cm³/mol. The summed E-state index contributed by atoms with van der Waals surface area (Å²) >= 11 is 0. The molecule has 1 aliphatic rings. The van der Waals surface area contributed by atoms with E-state index in [1.165, 1.54) is 5.56 Å². The Hall–Kier alpha value is -2.76. The Morgan fingerprint density at radius 3 is 2.60 bits per heavy atom. The molecular formula is C25H29N3O2. The number of morpholine rings is 1. The summed E-state index contributed by atoms with van der Waals surface area (Å²) in [5.41, 5.74) is 5.78. The zero-order valence-corrected chi connectivity index (χ0v) is 17.8. The molecule has 3 aromatic rings. The third-order valence-corrected chi connectivity index (χ3v) is 5.68. The first kappa shape index (κ1) is 20.5. The molecule has 0 bridgehead atoms. The Morgan fingerprint density at radius 1 is 1.10 bits per heavy atom. The Kier molecular flexibility index (Phi) is 6.41. The van der Waals surface area contributed by atoms with Crippen LogP contribution in [0.3, 0.4) is 0 Å². The average molecular weight is 404 g/mol. The van der Waals surface area contributed by atoms with Crippen molar-refractivity contribution in [1.29, 1.82) is 0 Å². The molecule has 1 aromatic heterocycles. The summed E-state index contributed by atoms with van der Waals surface area (Å²) in [6.45, 7) is 9.01. The number of amides is 1. The molecule has 4 rings (SSSR count). The van der Waals surface area contributed by atoms with Crippen molar-refractivity contribution in [3.63, 3.8) is 0 Å². The van der Waals surface area contributed by atoms with Crippen LogP contribution < -0.4 is 5.32 Å². The number of aryl methyl sites for hydroxylation is 2. The molecule has 1 fully saturated rings. The van der Waals surface area contributed by atoms with Crippen LogP contribution in [0.25, 0.3) is 22.2 Å². The lowest BCUT2D eigenvalue weighted by atomic mass is 10.0. The molecule has 0 aliphatic carbocycles. The molecule has 2 heterocycles. The minimum absolute atomic E-state index is 0.0484. The van der Waals surface area contributed by atoms with Crippen LogP contribution in [0.4, 0.5) is 0 Å². The molecule has 1 N–H and O–H groups in total. The molecule has 0 unspecified atom stereocenters. The monoisotopic (exact) mass is 403 g/mol. The van der Waals surface area contributed by atoms with Crippen molar-refractivity contribution >= 4 is 16.8 Å². The van der Waals surface area contributed by atoms with Gasteiger partial charge in [-0.05, 0) is 37.1 Å². The summed E-state index contributed by atoms with van der Waals surface area (Å²) < 4.78 is 5.39. The number of pyridine rings is 1. The van der Waals surface area contributed by atoms with Crippen LogP contribution in [0.1, 0.15) is 28.4 Å². The van der Waals surface area contributed by atoms with E-state index >= 15 is 0 Å². The lowest BCUT2D eigenvalue weighted by Gasteiger charge is -2.26. The van der Waals surface area contributed by atoms with E-state index in [1.807, 2.05) is 31.2 Å². The lowest BCUT2D eigenvalue weighted by Crippen LogP contribution is -2.41. The maximum Gasteiger partial charge on any atom is 0.252 e. The second-order valence-corrected chi connectivity index (χ2v) is 7.84. The van der Waals surface area contributed by atoms with Crippen molar-refractivity contribution in [2.24, 2.45) is 0 Å². The molecule has 1 saturated heterocycles. The number of rotatable bonds is 6. The predicted octanol–water partition coefficient (Wildman–Crippen LogP) is 3.83.